The van der Waals surface area contributed by atoms with Crippen molar-refractivity contribution in [3.8, 4) is 0 Å². The highest BCUT2D eigenvalue weighted by molar-refractivity contribution is 7.93. The Morgan fingerprint density at radius 1 is 1.60 bits per heavy atom. The van der Waals surface area contributed by atoms with Crippen molar-refractivity contribution in [2.75, 3.05) is 0 Å². The van der Waals surface area contributed by atoms with E-state index in [1.807, 2.05) is 0 Å². The summed E-state index contributed by atoms with van der Waals surface area (Å²) in [6, 6.07) is 9.52. The second-order valence-electron chi connectivity index (χ2n) is 1.54. The lowest BCUT2D eigenvalue weighted by Crippen LogP contribution is -1.81. The van der Waals surface area contributed by atoms with Gasteiger partial charge in [-0.2, -0.15) is 0 Å². The highest BCUT2D eigenvalue weighted by Crippen LogP contribution is 2.15. The standard InChI is InChI=1S/C6H4NO2S/c8-7(9)10-6-4-2-1-3-5-6/h1-4H. The largest absolute Gasteiger partial charge is 0.266 e. The quantitative estimate of drug-likeness (QED) is 0.370. The Morgan fingerprint density at radius 3 is 2.90 bits per heavy atom. The van der Waals surface area contributed by atoms with E-state index in [1.165, 1.54) is 0 Å². The van der Waals surface area contributed by atoms with Gasteiger partial charge in [0.25, 0.3) is 11.9 Å². The summed E-state index contributed by atoms with van der Waals surface area (Å²) in [5.41, 5.74) is 0. The van der Waals surface area contributed by atoms with E-state index >= 15 is 0 Å². The van der Waals surface area contributed by atoms with Crippen LogP contribution in [0.5, 0.6) is 0 Å². The number of nitrogens with zero attached hydrogens (tertiary/aromatic N) is 1. The Kier molecular flexibility index (Phi) is 2.28. The summed E-state index contributed by atoms with van der Waals surface area (Å²) in [6.45, 7) is 0. The molecule has 0 spiro atoms. The lowest BCUT2D eigenvalue weighted by Gasteiger charge is -1.86. The van der Waals surface area contributed by atoms with Crippen LogP contribution in [0.25, 0.3) is 0 Å². The lowest BCUT2D eigenvalue weighted by molar-refractivity contribution is -0.284. The monoisotopic (exact) mass is 154 g/mol. The molecule has 0 unspecified atom stereocenters. The number of rotatable bonds is 2. The van der Waals surface area contributed by atoms with Gasteiger partial charge in [-0.05, 0) is 6.07 Å². The normalized spacial score (nSPS) is 9.20. The van der Waals surface area contributed by atoms with Crippen LogP contribution in [-0.2, 0) is 0 Å². The van der Waals surface area contributed by atoms with Gasteiger partial charge in [0.2, 0.25) is 0 Å². The third kappa shape index (κ3) is 2.06. The highest BCUT2D eigenvalue weighted by atomic mass is 32.2. The smallest absolute Gasteiger partial charge is 0.250 e. The first kappa shape index (κ1) is 7.08. The molecule has 51 valence electrons. The summed E-state index contributed by atoms with van der Waals surface area (Å²) in [5, 5.41) is 9.92. The molecule has 10 heavy (non-hydrogen) atoms. The van der Waals surface area contributed by atoms with E-state index in [1.54, 1.807) is 24.3 Å². The van der Waals surface area contributed by atoms with Gasteiger partial charge in [0.15, 0.2) is 0 Å². The van der Waals surface area contributed by atoms with Crippen LogP contribution in [0.2, 0.25) is 0 Å². The van der Waals surface area contributed by atoms with Crippen molar-refractivity contribution in [1.29, 1.82) is 0 Å². The number of nitro groups is 1. The second-order valence-corrected chi connectivity index (χ2v) is 2.46. The van der Waals surface area contributed by atoms with Gasteiger partial charge in [-0.3, -0.25) is 10.1 Å². The van der Waals surface area contributed by atoms with Crippen molar-refractivity contribution in [3.05, 3.63) is 40.4 Å². The molecule has 0 heterocycles. The zero-order chi connectivity index (χ0) is 7.40. The van der Waals surface area contributed by atoms with E-state index in [2.05, 4.69) is 6.07 Å². The van der Waals surface area contributed by atoms with E-state index in [0.717, 1.165) is 0 Å². The third-order valence-electron chi connectivity index (χ3n) is 0.853. The number of benzene rings is 1. The summed E-state index contributed by atoms with van der Waals surface area (Å²) in [6.07, 6.45) is 0. The summed E-state index contributed by atoms with van der Waals surface area (Å²) < 4.78 is -0.453. The fourth-order valence-corrected chi connectivity index (χ4v) is 0.935. The topological polar surface area (TPSA) is 43.1 Å². The zero-order valence-corrected chi connectivity index (χ0v) is 5.80. The van der Waals surface area contributed by atoms with E-state index < -0.39 is 4.33 Å². The fourth-order valence-electron chi connectivity index (χ4n) is 0.514. The molecule has 0 fully saturated rings. The van der Waals surface area contributed by atoms with Crippen molar-refractivity contribution in [1.82, 2.24) is 0 Å². The molecule has 0 N–H and O–H groups in total. The van der Waals surface area contributed by atoms with Gasteiger partial charge in [0.1, 0.15) is 4.33 Å². The molecule has 4 heteroatoms. The van der Waals surface area contributed by atoms with Gasteiger partial charge in [0, 0.05) is 6.07 Å². The van der Waals surface area contributed by atoms with Crippen molar-refractivity contribution in [2.24, 2.45) is 0 Å². The number of hydrogen-bond acceptors (Lipinski definition) is 3. The molecule has 0 aliphatic carbocycles. The van der Waals surface area contributed by atoms with Crippen LogP contribution in [0.15, 0.2) is 29.2 Å². The molecule has 1 rings (SSSR count). The van der Waals surface area contributed by atoms with Crippen LogP contribution in [-0.4, -0.2) is 4.33 Å². The average Bonchev–Trinajstić information content (AvgIpc) is 1.88. The molecule has 1 aromatic carbocycles. The minimum atomic E-state index is -0.453. The Hall–Kier alpha value is -1.03. The van der Waals surface area contributed by atoms with Crippen LogP contribution in [0, 0.1) is 16.2 Å². The molecule has 0 saturated carbocycles. The van der Waals surface area contributed by atoms with Crippen molar-refractivity contribution in [3.63, 3.8) is 0 Å². The Balaban J connectivity index is 2.67. The zero-order valence-electron chi connectivity index (χ0n) is 4.98. The van der Waals surface area contributed by atoms with Gasteiger partial charge in [-0.25, -0.2) is 0 Å². The first-order valence-corrected chi connectivity index (χ1v) is 3.35. The molecule has 0 bridgehead atoms. The maximum absolute atomic E-state index is 9.92. The molecular weight excluding hydrogens is 150 g/mol. The Bertz CT molecular complexity index is 224. The maximum Gasteiger partial charge on any atom is 0.266 e. The molecule has 0 atom stereocenters. The molecular formula is C6H4NO2S. The molecule has 0 aliphatic rings. The minimum Gasteiger partial charge on any atom is -0.250 e. The molecule has 1 radical (unpaired) electrons. The van der Waals surface area contributed by atoms with E-state index in [4.69, 9.17) is 0 Å². The van der Waals surface area contributed by atoms with Crippen LogP contribution in [0.4, 0.5) is 0 Å². The Morgan fingerprint density at radius 2 is 2.40 bits per heavy atom. The van der Waals surface area contributed by atoms with Gasteiger partial charge >= 0.3 is 0 Å². The number of hydrogen-bond donors (Lipinski definition) is 0. The van der Waals surface area contributed by atoms with Crippen molar-refractivity contribution < 1.29 is 4.33 Å². The summed E-state index contributed by atoms with van der Waals surface area (Å²) in [5.74, 6) is 0. The van der Waals surface area contributed by atoms with Crippen molar-refractivity contribution >= 4 is 11.9 Å². The van der Waals surface area contributed by atoms with Gasteiger partial charge < -0.3 is 0 Å². The summed E-state index contributed by atoms with van der Waals surface area (Å²) in [4.78, 5) is 10.5. The van der Waals surface area contributed by atoms with E-state index in [9.17, 15) is 10.1 Å². The molecule has 0 aliphatic heterocycles. The molecule has 0 amide bonds. The van der Waals surface area contributed by atoms with E-state index in [-0.39, 0.29) is 0 Å². The van der Waals surface area contributed by atoms with Gasteiger partial charge in [-0.1, -0.05) is 18.2 Å². The van der Waals surface area contributed by atoms with Gasteiger partial charge in [-0.15, -0.1) is 0 Å². The molecule has 1 aromatic rings. The lowest BCUT2D eigenvalue weighted by atomic mass is 10.4. The van der Waals surface area contributed by atoms with E-state index in [0.29, 0.717) is 16.8 Å². The first-order chi connectivity index (χ1) is 4.79. The second kappa shape index (κ2) is 3.22. The van der Waals surface area contributed by atoms with Crippen molar-refractivity contribution in [2.45, 2.75) is 4.90 Å². The first-order valence-electron chi connectivity index (χ1n) is 2.58. The predicted molar refractivity (Wildman–Crippen MR) is 38.1 cm³/mol. The van der Waals surface area contributed by atoms with Crippen LogP contribution < -0.4 is 0 Å². The minimum absolute atomic E-state index is 0.453. The third-order valence-corrected chi connectivity index (χ3v) is 1.45. The molecule has 0 saturated heterocycles. The van der Waals surface area contributed by atoms with Crippen LogP contribution >= 0.6 is 11.9 Å². The Labute approximate surface area is 62.3 Å². The average molecular weight is 154 g/mol. The summed E-state index contributed by atoms with van der Waals surface area (Å²) >= 11 is 0.565. The summed E-state index contributed by atoms with van der Waals surface area (Å²) in [7, 11) is 0. The predicted octanol–water partition coefficient (Wildman–Crippen LogP) is 1.77. The molecule has 3 nitrogen and oxygen atoms in total. The SMILES string of the molecule is O=[N+]([O-])Sc1[c]cccc1. The highest BCUT2D eigenvalue weighted by Gasteiger charge is 2.02. The van der Waals surface area contributed by atoms with Crippen LogP contribution in [0.1, 0.15) is 0 Å². The molecule has 0 aromatic heterocycles. The van der Waals surface area contributed by atoms with Gasteiger partial charge in [0.05, 0.1) is 4.90 Å². The van der Waals surface area contributed by atoms with Crippen LogP contribution in [0.3, 0.4) is 0 Å². The maximum atomic E-state index is 9.92. The fraction of sp³-hybridized carbons (Fsp3) is 0.